The van der Waals surface area contributed by atoms with E-state index in [9.17, 15) is 5.11 Å². The van der Waals surface area contributed by atoms with E-state index in [1.54, 1.807) is 0 Å². The van der Waals surface area contributed by atoms with Gasteiger partial charge in [-0.05, 0) is 25.0 Å². The summed E-state index contributed by atoms with van der Waals surface area (Å²) in [4.78, 5) is 2.33. The fourth-order valence-corrected chi connectivity index (χ4v) is 3.19. The Bertz CT molecular complexity index is 885. The van der Waals surface area contributed by atoms with Crippen molar-refractivity contribution in [3.63, 3.8) is 0 Å². The van der Waals surface area contributed by atoms with E-state index in [4.69, 9.17) is 0 Å². The first-order valence-electron chi connectivity index (χ1n) is 9.21. The molecule has 0 aliphatic heterocycles. The summed E-state index contributed by atoms with van der Waals surface area (Å²) in [5.41, 5.74) is 2.33. The second kappa shape index (κ2) is 8.48. The van der Waals surface area contributed by atoms with Crippen LogP contribution in [0.3, 0.4) is 0 Å². The highest BCUT2D eigenvalue weighted by atomic mass is 16.3. The Morgan fingerprint density at radius 1 is 0.808 bits per heavy atom. The van der Waals surface area contributed by atoms with Gasteiger partial charge in [0.05, 0.1) is 5.69 Å². The molecule has 0 spiro atoms. The number of azo groups is 1. The maximum Gasteiger partial charge on any atom is 0.145 e. The van der Waals surface area contributed by atoms with E-state index < -0.39 is 0 Å². The Hall–Kier alpha value is -2.88. The lowest BCUT2D eigenvalue weighted by Gasteiger charge is -2.26. The second-order valence-corrected chi connectivity index (χ2v) is 6.33. The molecule has 1 N–H and O–H groups in total. The van der Waals surface area contributed by atoms with Crippen LogP contribution in [0.4, 0.5) is 17.1 Å². The predicted octanol–water partition coefficient (Wildman–Crippen LogP) is 6.59. The largest absolute Gasteiger partial charge is 0.506 e. The van der Waals surface area contributed by atoms with Crippen LogP contribution in [0.25, 0.3) is 10.8 Å². The van der Waals surface area contributed by atoms with Gasteiger partial charge >= 0.3 is 0 Å². The third kappa shape index (κ3) is 3.85. The van der Waals surface area contributed by atoms with Crippen LogP contribution >= 0.6 is 0 Å². The highest BCUT2D eigenvalue weighted by molar-refractivity contribution is 6.03. The number of aromatic hydroxyl groups is 1. The number of phenolic OH excluding ortho intramolecular Hbond substituents is 1. The molecule has 0 saturated carbocycles. The van der Waals surface area contributed by atoms with Gasteiger partial charge < -0.3 is 10.0 Å². The van der Waals surface area contributed by atoms with Crippen LogP contribution in [0.2, 0.25) is 0 Å². The van der Waals surface area contributed by atoms with Gasteiger partial charge in [0.15, 0.2) is 0 Å². The zero-order chi connectivity index (χ0) is 18.4. The van der Waals surface area contributed by atoms with Crippen LogP contribution < -0.4 is 4.90 Å². The quantitative estimate of drug-likeness (QED) is 0.490. The Kier molecular flexibility index (Phi) is 5.84. The molecule has 0 aromatic heterocycles. The monoisotopic (exact) mass is 347 g/mol. The maximum absolute atomic E-state index is 10.7. The smallest absolute Gasteiger partial charge is 0.145 e. The van der Waals surface area contributed by atoms with Crippen LogP contribution in [0.1, 0.15) is 26.7 Å². The van der Waals surface area contributed by atoms with Crippen LogP contribution in [0, 0.1) is 0 Å². The van der Waals surface area contributed by atoms with E-state index in [2.05, 4.69) is 35.0 Å². The number of phenols is 1. The molecule has 0 aliphatic rings. The van der Waals surface area contributed by atoms with Gasteiger partial charge in [-0.2, -0.15) is 5.11 Å². The van der Waals surface area contributed by atoms with Crippen molar-refractivity contribution in [1.29, 1.82) is 0 Å². The van der Waals surface area contributed by atoms with Crippen LogP contribution in [0.5, 0.6) is 5.75 Å². The van der Waals surface area contributed by atoms with Gasteiger partial charge in [-0.1, -0.05) is 56.3 Å². The number of nitrogens with zero attached hydrogens (tertiary/aromatic N) is 3. The van der Waals surface area contributed by atoms with E-state index in [0.717, 1.165) is 48.1 Å². The number of rotatable bonds is 7. The second-order valence-electron chi connectivity index (χ2n) is 6.33. The molecule has 0 saturated heterocycles. The van der Waals surface area contributed by atoms with Gasteiger partial charge in [0.2, 0.25) is 0 Å². The first kappa shape index (κ1) is 17.9. The van der Waals surface area contributed by atoms with Gasteiger partial charge in [-0.3, -0.25) is 0 Å². The first-order valence-corrected chi connectivity index (χ1v) is 9.21. The number of anilines is 1. The third-order valence-corrected chi connectivity index (χ3v) is 4.32. The lowest BCUT2D eigenvalue weighted by Crippen LogP contribution is -2.25. The summed E-state index contributed by atoms with van der Waals surface area (Å²) in [7, 11) is 0. The molecule has 134 valence electrons. The fourth-order valence-electron chi connectivity index (χ4n) is 3.19. The number of hydrogen-bond acceptors (Lipinski definition) is 4. The van der Waals surface area contributed by atoms with Crippen molar-refractivity contribution in [3.8, 4) is 5.75 Å². The van der Waals surface area contributed by atoms with Gasteiger partial charge in [-0.25, -0.2) is 0 Å². The fraction of sp³-hybridized carbons (Fsp3) is 0.273. The van der Waals surface area contributed by atoms with Gasteiger partial charge in [-0.15, -0.1) is 5.11 Å². The summed E-state index contributed by atoms with van der Waals surface area (Å²) in [5, 5.41) is 21.3. The van der Waals surface area contributed by atoms with Crippen LogP contribution in [0.15, 0.2) is 70.9 Å². The number of fused-ring (bicyclic) bond motifs is 1. The van der Waals surface area contributed by atoms with E-state index in [1.165, 1.54) is 0 Å². The topological polar surface area (TPSA) is 48.2 Å². The molecule has 26 heavy (non-hydrogen) atoms. The molecule has 0 radical (unpaired) electrons. The zero-order valence-corrected chi connectivity index (χ0v) is 15.4. The summed E-state index contributed by atoms with van der Waals surface area (Å²) in [6, 6.07) is 19.5. The highest BCUT2D eigenvalue weighted by Gasteiger charge is 2.15. The zero-order valence-electron chi connectivity index (χ0n) is 15.4. The Labute approximate surface area is 154 Å². The molecular weight excluding hydrogens is 322 g/mol. The van der Waals surface area contributed by atoms with Crippen molar-refractivity contribution in [2.24, 2.45) is 10.2 Å². The molecule has 4 nitrogen and oxygen atoms in total. The summed E-state index contributed by atoms with van der Waals surface area (Å²) in [6.07, 6.45) is 2.12. The molecule has 0 bridgehead atoms. The summed E-state index contributed by atoms with van der Waals surface area (Å²) in [6.45, 7) is 6.27. The SMILES string of the molecule is CCCN(CCC)c1cc(O)c(N=Nc2ccccc2)c2ccccc12. The van der Waals surface area contributed by atoms with Crippen LogP contribution in [-0.4, -0.2) is 18.2 Å². The minimum atomic E-state index is 0.163. The minimum Gasteiger partial charge on any atom is -0.506 e. The van der Waals surface area contributed by atoms with E-state index in [0.29, 0.717) is 5.69 Å². The summed E-state index contributed by atoms with van der Waals surface area (Å²) < 4.78 is 0. The molecule has 0 aliphatic carbocycles. The van der Waals surface area contributed by atoms with E-state index in [-0.39, 0.29) is 5.75 Å². The standard InChI is InChI=1S/C22H25N3O/c1-3-14-25(15-4-2)20-16-21(26)22(19-13-9-8-12-18(19)20)24-23-17-10-6-5-7-11-17/h5-13,16,26H,3-4,14-15H2,1-2H3. The molecule has 3 aromatic carbocycles. The average molecular weight is 347 g/mol. The van der Waals surface area contributed by atoms with E-state index in [1.807, 2.05) is 54.6 Å². The van der Waals surface area contributed by atoms with Crippen molar-refractivity contribution in [3.05, 3.63) is 60.7 Å². The number of benzene rings is 3. The average Bonchev–Trinajstić information content (AvgIpc) is 2.67. The lowest BCUT2D eigenvalue weighted by atomic mass is 10.0. The Balaban J connectivity index is 2.10. The summed E-state index contributed by atoms with van der Waals surface area (Å²) >= 11 is 0. The predicted molar refractivity (Wildman–Crippen MR) is 109 cm³/mol. The van der Waals surface area contributed by atoms with E-state index >= 15 is 0 Å². The summed E-state index contributed by atoms with van der Waals surface area (Å²) in [5.74, 6) is 0.163. The van der Waals surface area contributed by atoms with Crippen molar-refractivity contribution in [2.75, 3.05) is 18.0 Å². The van der Waals surface area contributed by atoms with Crippen molar-refractivity contribution >= 4 is 27.8 Å². The maximum atomic E-state index is 10.7. The first-order chi connectivity index (χ1) is 12.7. The highest BCUT2D eigenvalue weighted by Crippen LogP contribution is 2.42. The molecule has 0 fully saturated rings. The molecule has 3 rings (SSSR count). The van der Waals surface area contributed by atoms with Gasteiger partial charge in [0.25, 0.3) is 0 Å². The Morgan fingerprint density at radius 3 is 2.08 bits per heavy atom. The minimum absolute atomic E-state index is 0.163. The molecule has 3 aromatic rings. The van der Waals surface area contributed by atoms with Crippen molar-refractivity contribution < 1.29 is 5.11 Å². The van der Waals surface area contributed by atoms with Gasteiger partial charge in [0.1, 0.15) is 11.4 Å². The Morgan fingerprint density at radius 2 is 1.42 bits per heavy atom. The molecular formula is C22H25N3O. The normalized spacial score (nSPS) is 11.3. The number of hydrogen-bond donors (Lipinski definition) is 1. The molecule has 4 heteroatoms. The molecule has 0 atom stereocenters. The third-order valence-electron chi connectivity index (χ3n) is 4.32. The van der Waals surface area contributed by atoms with Crippen LogP contribution in [-0.2, 0) is 0 Å². The van der Waals surface area contributed by atoms with Crippen molar-refractivity contribution in [2.45, 2.75) is 26.7 Å². The van der Waals surface area contributed by atoms with Gasteiger partial charge in [0, 0.05) is 35.6 Å². The molecule has 0 amide bonds. The molecule has 0 unspecified atom stereocenters. The molecule has 0 heterocycles. The van der Waals surface area contributed by atoms with Crippen molar-refractivity contribution in [1.82, 2.24) is 0 Å². The lowest BCUT2D eigenvalue weighted by molar-refractivity contribution is 0.477.